The average Bonchev–Trinajstić information content (AvgIpc) is 3.13. The first-order chi connectivity index (χ1) is 13.2. The topological polar surface area (TPSA) is 59.9 Å². The Morgan fingerprint density at radius 2 is 1.93 bits per heavy atom. The van der Waals surface area contributed by atoms with Crippen LogP contribution in [0.25, 0.3) is 10.1 Å². The molecule has 0 saturated carbocycles. The van der Waals surface area contributed by atoms with Crippen LogP contribution in [0.4, 0.5) is 0 Å². The number of hydrogen-bond donors (Lipinski definition) is 3. The van der Waals surface area contributed by atoms with Gasteiger partial charge in [-0.15, -0.1) is 11.3 Å². The molecule has 150 valence electrons. The highest BCUT2D eigenvalue weighted by Gasteiger charge is 2.11. The lowest BCUT2D eigenvalue weighted by molar-refractivity contribution is 0.191. The monoisotopic (exact) mass is 390 g/mol. The highest BCUT2D eigenvalue weighted by atomic mass is 32.1. The molecule has 0 aliphatic heterocycles. The van der Waals surface area contributed by atoms with E-state index in [0.717, 1.165) is 50.0 Å². The summed E-state index contributed by atoms with van der Waals surface area (Å²) in [7, 11) is 0. The van der Waals surface area contributed by atoms with E-state index in [2.05, 4.69) is 59.5 Å². The van der Waals surface area contributed by atoms with E-state index >= 15 is 0 Å². The number of rotatable bonds is 11. The summed E-state index contributed by atoms with van der Waals surface area (Å²) < 4.78 is 1.20. The minimum absolute atomic E-state index is 0.363. The van der Waals surface area contributed by atoms with Gasteiger partial charge < -0.3 is 20.6 Å². The lowest BCUT2D eigenvalue weighted by Gasteiger charge is -2.18. The molecular formula is C21H34N4OS. The Bertz CT molecular complexity index is 663. The fraction of sp³-hybridized carbons (Fsp3) is 0.571. The number of guanidine groups is 1. The van der Waals surface area contributed by atoms with E-state index < -0.39 is 6.10 Å². The number of nitrogens with one attached hydrogen (secondary N) is 2. The minimum Gasteiger partial charge on any atom is -0.386 e. The summed E-state index contributed by atoms with van der Waals surface area (Å²) in [4.78, 5) is 7.98. The zero-order chi connectivity index (χ0) is 19.5. The van der Waals surface area contributed by atoms with E-state index in [9.17, 15) is 5.11 Å². The Labute approximate surface area is 167 Å². The first kappa shape index (κ1) is 21.7. The Balaban J connectivity index is 1.81. The third-order valence-electron chi connectivity index (χ3n) is 4.63. The van der Waals surface area contributed by atoms with Gasteiger partial charge in [0.05, 0.1) is 6.54 Å². The zero-order valence-electron chi connectivity index (χ0n) is 16.9. The molecule has 1 aromatic heterocycles. The molecule has 0 spiro atoms. The molecule has 0 fully saturated rings. The van der Waals surface area contributed by atoms with Gasteiger partial charge in [-0.05, 0) is 56.9 Å². The molecule has 5 nitrogen and oxygen atoms in total. The second kappa shape index (κ2) is 12.0. The van der Waals surface area contributed by atoms with Gasteiger partial charge in [0.25, 0.3) is 0 Å². The first-order valence-electron chi connectivity index (χ1n) is 10.1. The van der Waals surface area contributed by atoms with Crippen LogP contribution >= 0.6 is 11.3 Å². The third-order valence-corrected chi connectivity index (χ3v) is 5.84. The Hall–Kier alpha value is -1.63. The Morgan fingerprint density at radius 1 is 1.15 bits per heavy atom. The number of nitrogens with zero attached hydrogens (tertiary/aromatic N) is 2. The number of unbranched alkanes of at least 4 members (excludes halogenated alkanes) is 1. The fourth-order valence-corrected chi connectivity index (χ4v) is 4.02. The molecule has 0 aliphatic rings. The van der Waals surface area contributed by atoms with E-state index in [4.69, 9.17) is 0 Å². The number of thiophene rings is 1. The highest BCUT2D eigenvalue weighted by molar-refractivity contribution is 7.19. The Kier molecular flexibility index (Phi) is 9.59. The van der Waals surface area contributed by atoms with Gasteiger partial charge in [-0.1, -0.05) is 32.0 Å². The maximum absolute atomic E-state index is 10.5. The predicted octanol–water partition coefficient (Wildman–Crippen LogP) is 3.61. The fourth-order valence-electron chi connectivity index (χ4n) is 2.98. The number of hydrogen-bond acceptors (Lipinski definition) is 4. The molecule has 0 radical (unpaired) electrons. The van der Waals surface area contributed by atoms with Gasteiger partial charge in [-0.25, -0.2) is 0 Å². The number of aliphatic imine (C=N–C) groups is 1. The van der Waals surface area contributed by atoms with Gasteiger partial charge in [-0.3, -0.25) is 4.99 Å². The molecule has 1 unspecified atom stereocenters. The van der Waals surface area contributed by atoms with Gasteiger partial charge >= 0.3 is 0 Å². The van der Waals surface area contributed by atoms with E-state index in [1.54, 1.807) is 11.3 Å². The van der Waals surface area contributed by atoms with E-state index in [-0.39, 0.29) is 0 Å². The molecule has 0 saturated heterocycles. The summed E-state index contributed by atoms with van der Waals surface area (Å²) in [6.07, 6.45) is 1.72. The highest BCUT2D eigenvalue weighted by Crippen LogP contribution is 2.29. The lowest BCUT2D eigenvalue weighted by atomic mass is 10.2. The normalized spacial score (nSPS) is 13.3. The summed E-state index contributed by atoms with van der Waals surface area (Å²) in [5.41, 5.74) is 0. The molecule has 0 amide bonds. The van der Waals surface area contributed by atoms with Crippen LogP contribution in [0.5, 0.6) is 0 Å². The first-order valence-corrected chi connectivity index (χ1v) is 10.9. The molecule has 3 N–H and O–H groups in total. The third kappa shape index (κ3) is 7.13. The van der Waals surface area contributed by atoms with Crippen LogP contribution in [0.3, 0.4) is 0 Å². The van der Waals surface area contributed by atoms with Crippen molar-refractivity contribution in [3.8, 4) is 0 Å². The van der Waals surface area contributed by atoms with Crippen LogP contribution in [0.15, 0.2) is 35.3 Å². The van der Waals surface area contributed by atoms with Crippen molar-refractivity contribution < 1.29 is 5.11 Å². The largest absolute Gasteiger partial charge is 0.386 e. The number of aliphatic hydroxyl groups excluding tert-OH is 1. The van der Waals surface area contributed by atoms with Gasteiger partial charge in [0.15, 0.2) is 5.96 Å². The number of fused-ring (bicyclic) bond motifs is 1. The minimum atomic E-state index is -0.569. The molecule has 1 heterocycles. The van der Waals surface area contributed by atoms with E-state index in [0.29, 0.717) is 6.54 Å². The van der Waals surface area contributed by atoms with Gasteiger partial charge in [0, 0.05) is 22.7 Å². The summed E-state index contributed by atoms with van der Waals surface area (Å²) >= 11 is 1.64. The molecule has 1 aromatic carbocycles. The zero-order valence-corrected chi connectivity index (χ0v) is 17.7. The summed E-state index contributed by atoms with van der Waals surface area (Å²) in [5.74, 6) is 0.778. The van der Waals surface area contributed by atoms with Crippen molar-refractivity contribution in [2.24, 2.45) is 4.99 Å². The molecule has 1 atom stereocenters. The summed E-state index contributed by atoms with van der Waals surface area (Å²) in [6.45, 7) is 11.9. The van der Waals surface area contributed by atoms with Crippen molar-refractivity contribution in [3.05, 3.63) is 35.2 Å². The second-order valence-corrected chi connectivity index (χ2v) is 7.70. The van der Waals surface area contributed by atoms with Crippen molar-refractivity contribution in [1.29, 1.82) is 0 Å². The lowest BCUT2D eigenvalue weighted by Crippen LogP contribution is -2.38. The summed E-state index contributed by atoms with van der Waals surface area (Å²) in [6, 6.07) is 10.3. The van der Waals surface area contributed by atoms with Crippen LogP contribution in [0.1, 0.15) is 44.6 Å². The van der Waals surface area contributed by atoms with Crippen molar-refractivity contribution in [1.82, 2.24) is 15.5 Å². The SMILES string of the molecule is CCNC(=NCC(O)c1cc2ccccc2s1)NCCCCN(CC)CC. The van der Waals surface area contributed by atoms with Crippen LogP contribution in [0.2, 0.25) is 0 Å². The molecule has 6 heteroatoms. The van der Waals surface area contributed by atoms with E-state index in [1.165, 1.54) is 16.5 Å². The second-order valence-electron chi connectivity index (χ2n) is 6.58. The van der Waals surface area contributed by atoms with E-state index in [1.807, 2.05) is 12.1 Å². The van der Waals surface area contributed by atoms with Crippen LogP contribution in [0, 0.1) is 0 Å². The van der Waals surface area contributed by atoms with Crippen molar-refractivity contribution in [2.45, 2.75) is 39.7 Å². The smallest absolute Gasteiger partial charge is 0.191 e. The maximum Gasteiger partial charge on any atom is 0.191 e. The number of benzene rings is 1. The van der Waals surface area contributed by atoms with Gasteiger partial charge in [0.1, 0.15) is 6.10 Å². The number of aliphatic hydroxyl groups is 1. The predicted molar refractivity (Wildman–Crippen MR) is 118 cm³/mol. The van der Waals surface area contributed by atoms with Crippen molar-refractivity contribution >= 4 is 27.4 Å². The van der Waals surface area contributed by atoms with Crippen LogP contribution in [-0.2, 0) is 0 Å². The average molecular weight is 391 g/mol. The molecule has 2 rings (SSSR count). The van der Waals surface area contributed by atoms with Crippen LogP contribution in [-0.4, -0.2) is 55.2 Å². The molecule has 0 aliphatic carbocycles. The van der Waals surface area contributed by atoms with Gasteiger partial charge in [-0.2, -0.15) is 0 Å². The molecular weight excluding hydrogens is 356 g/mol. The quantitative estimate of drug-likeness (QED) is 0.312. The molecule has 0 bridgehead atoms. The van der Waals surface area contributed by atoms with Crippen molar-refractivity contribution in [3.63, 3.8) is 0 Å². The molecule has 2 aromatic rings. The molecule has 27 heavy (non-hydrogen) atoms. The van der Waals surface area contributed by atoms with Crippen molar-refractivity contribution in [2.75, 3.05) is 39.3 Å². The van der Waals surface area contributed by atoms with Gasteiger partial charge in [0.2, 0.25) is 0 Å². The van der Waals surface area contributed by atoms with Crippen LogP contribution < -0.4 is 10.6 Å². The standard InChI is InChI=1S/C21H34N4OS/c1-4-22-21(23-13-9-10-14-25(5-2)6-3)24-16-18(26)20-15-17-11-7-8-12-19(17)27-20/h7-8,11-12,15,18,26H,4-6,9-10,13-14,16H2,1-3H3,(H2,22,23,24). The summed E-state index contributed by atoms with van der Waals surface area (Å²) in [5, 5.41) is 18.3. The Morgan fingerprint density at radius 3 is 2.63 bits per heavy atom. The maximum atomic E-state index is 10.5.